The minimum atomic E-state index is 0.534. The van der Waals surface area contributed by atoms with Crippen molar-refractivity contribution in [3.05, 3.63) is 44.9 Å². The largest absolute Gasteiger partial charge is 0.379 e. The molecule has 3 nitrogen and oxygen atoms in total. The highest BCUT2D eigenvalue weighted by atomic mass is 35.5. The van der Waals surface area contributed by atoms with Crippen molar-refractivity contribution in [2.75, 3.05) is 5.32 Å². The molecule has 2 aromatic rings. The predicted octanol–water partition coefficient (Wildman–Crippen LogP) is 3.59. The second kappa shape index (κ2) is 5.17. The monoisotopic (exact) mass is 263 g/mol. The zero-order chi connectivity index (χ0) is 12.3. The van der Waals surface area contributed by atoms with Gasteiger partial charge in [0.1, 0.15) is 6.07 Å². The Kier molecular flexibility index (Phi) is 3.62. The lowest BCUT2D eigenvalue weighted by molar-refractivity contribution is 1.17. The van der Waals surface area contributed by atoms with Crippen LogP contribution in [0.15, 0.2) is 24.4 Å². The molecule has 5 heteroatoms. The Labute approximate surface area is 109 Å². The number of thiazole rings is 1. The van der Waals surface area contributed by atoms with Crippen molar-refractivity contribution in [1.82, 2.24) is 4.98 Å². The number of anilines is 1. The Morgan fingerprint density at radius 3 is 3.00 bits per heavy atom. The molecule has 0 spiro atoms. The Hall–Kier alpha value is -1.57. The number of aromatic nitrogens is 1. The topological polar surface area (TPSA) is 48.7 Å². The van der Waals surface area contributed by atoms with Crippen molar-refractivity contribution in [3.8, 4) is 6.07 Å². The first-order valence-corrected chi connectivity index (χ1v) is 6.23. The van der Waals surface area contributed by atoms with Gasteiger partial charge in [0, 0.05) is 11.1 Å². The van der Waals surface area contributed by atoms with Gasteiger partial charge in [0.05, 0.1) is 17.8 Å². The van der Waals surface area contributed by atoms with E-state index < -0.39 is 0 Å². The van der Waals surface area contributed by atoms with Crippen LogP contribution in [0.25, 0.3) is 0 Å². The van der Waals surface area contributed by atoms with Crippen LogP contribution in [0.1, 0.15) is 16.0 Å². The first-order chi connectivity index (χ1) is 8.19. The Balaban J connectivity index is 2.13. The van der Waals surface area contributed by atoms with Crippen LogP contribution in [0.5, 0.6) is 0 Å². The van der Waals surface area contributed by atoms with Crippen molar-refractivity contribution in [1.29, 1.82) is 5.26 Å². The van der Waals surface area contributed by atoms with Crippen LogP contribution in [0.3, 0.4) is 0 Å². The molecule has 1 heterocycles. The number of hydrogen-bond acceptors (Lipinski definition) is 4. The van der Waals surface area contributed by atoms with Crippen molar-refractivity contribution in [2.24, 2.45) is 0 Å². The number of benzene rings is 1. The van der Waals surface area contributed by atoms with Crippen LogP contribution in [-0.4, -0.2) is 4.98 Å². The van der Waals surface area contributed by atoms with Gasteiger partial charge < -0.3 is 5.32 Å². The van der Waals surface area contributed by atoms with Gasteiger partial charge in [-0.1, -0.05) is 17.7 Å². The van der Waals surface area contributed by atoms with Crippen LogP contribution < -0.4 is 5.32 Å². The van der Waals surface area contributed by atoms with Crippen LogP contribution >= 0.6 is 22.9 Å². The molecule has 0 radical (unpaired) electrons. The third-order valence-corrected chi connectivity index (χ3v) is 3.39. The zero-order valence-electron chi connectivity index (χ0n) is 9.20. The fourth-order valence-electron chi connectivity index (χ4n) is 1.45. The lowest BCUT2D eigenvalue weighted by atomic mass is 10.1. The molecule has 1 aromatic heterocycles. The second-order valence-corrected chi connectivity index (χ2v) is 5.29. The van der Waals surface area contributed by atoms with Gasteiger partial charge in [-0.25, -0.2) is 4.98 Å². The van der Waals surface area contributed by atoms with E-state index in [1.165, 1.54) is 11.3 Å². The SMILES string of the molecule is Cc1ccc(C#N)c(NCc2cnc(Cl)s2)c1. The molecule has 2 rings (SSSR count). The maximum absolute atomic E-state index is 8.99. The van der Waals surface area contributed by atoms with Crippen LogP contribution in [0.4, 0.5) is 5.69 Å². The van der Waals surface area contributed by atoms with Crippen LogP contribution in [0.2, 0.25) is 4.47 Å². The van der Waals surface area contributed by atoms with E-state index >= 15 is 0 Å². The summed E-state index contributed by atoms with van der Waals surface area (Å²) in [7, 11) is 0. The van der Waals surface area contributed by atoms with Gasteiger partial charge in [-0.3, -0.25) is 0 Å². The highest BCUT2D eigenvalue weighted by Crippen LogP contribution is 2.21. The van der Waals surface area contributed by atoms with Gasteiger partial charge in [-0.15, -0.1) is 11.3 Å². The first kappa shape index (κ1) is 11.9. The summed E-state index contributed by atoms with van der Waals surface area (Å²) in [5.74, 6) is 0. The molecule has 0 fully saturated rings. The molecular weight excluding hydrogens is 254 g/mol. The molecule has 0 amide bonds. The Morgan fingerprint density at radius 2 is 2.35 bits per heavy atom. The predicted molar refractivity (Wildman–Crippen MR) is 70.3 cm³/mol. The minimum Gasteiger partial charge on any atom is -0.379 e. The fourth-order valence-corrected chi connectivity index (χ4v) is 2.37. The summed E-state index contributed by atoms with van der Waals surface area (Å²) in [5.41, 5.74) is 2.61. The Bertz CT molecular complexity index is 571. The molecule has 1 N–H and O–H groups in total. The highest BCUT2D eigenvalue weighted by Gasteiger charge is 2.03. The standard InChI is InChI=1S/C12H10ClN3S/c1-8-2-3-9(5-14)11(4-8)15-6-10-7-16-12(13)17-10/h2-4,7,15H,6H2,1H3. The van der Waals surface area contributed by atoms with Crippen molar-refractivity contribution < 1.29 is 0 Å². The summed E-state index contributed by atoms with van der Waals surface area (Å²) in [6.45, 7) is 2.62. The van der Waals surface area contributed by atoms with Gasteiger partial charge in [0.15, 0.2) is 4.47 Å². The summed E-state index contributed by atoms with van der Waals surface area (Å²) in [6, 6.07) is 7.86. The minimum absolute atomic E-state index is 0.534. The molecule has 0 bridgehead atoms. The van der Waals surface area contributed by atoms with E-state index in [-0.39, 0.29) is 0 Å². The lowest BCUT2D eigenvalue weighted by Gasteiger charge is -2.07. The molecule has 0 saturated heterocycles. The number of halogens is 1. The van der Waals surface area contributed by atoms with Crippen LogP contribution in [-0.2, 0) is 6.54 Å². The third-order valence-electron chi connectivity index (χ3n) is 2.27. The average Bonchev–Trinajstić information content (AvgIpc) is 2.73. The van der Waals surface area contributed by atoms with Crippen molar-refractivity contribution in [3.63, 3.8) is 0 Å². The van der Waals surface area contributed by atoms with Crippen LogP contribution in [0, 0.1) is 18.3 Å². The van der Waals surface area contributed by atoms with E-state index in [9.17, 15) is 0 Å². The Morgan fingerprint density at radius 1 is 1.53 bits per heavy atom. The molecule has 0 unspecified atom stereocenters. The first-order valence-electron chi connectivity index (χ1n) is 5.04. The van der Waals surface area contributed by atoms with Gasteiger partial charge >= 0.3 is 0 Å². The van der Waals surface area contributed by atoms with Crippen molar-refractivity contribution in [2.45, 2.75) is 13.5 Å². The normalized spacial score (nSPS) is 9.94. The summed E-state index contributed by atoms with van der Waals surface area (Å²) in [5, 5.41) is 12.2. The van der Waals surface area contributed by atoms with Gasteiger partial charge in [0.2, 0.25) is 0 Å². The van der Waals surface area contributed by atoms with E-state index in [2.05, 4.69) is 16.4 Å². The average molecular weight is 264 g/mol. The number of nitrogens with zero attached hydrogens (tertiary/aromatic N) is 2. The second-order valence-electron chi connectivity index (χ2n) is 3.59. The molecule has 0 saturated carbocycles. The van der Waals surface area contributed by atoms with E-state index in [4.69, 9.17) is 16.9 Å². The van der Waals surface area contributed by atoms with Crippen molar-refractivity contribution >= 4 is 28.6 Å². The highest BCUT2D eigenvalue weighted by molar-refractivity contribution is 7.15. The number of rotatable bonds is 3. The lowest BCUT2D eigenvalue weighted by Crippen LogP contribution is -2.00. The summed E-state index contributed by atoms with van der Waals surface area (Å²) in [4.78, 5) is 5.01. The maximum atomic E-state index is 8.99. The third kappa shape index (κ3) is 2.96. The quantitative estimate of drug-likeness (QED) is 0.921. The van der Waals surface area contributed by atoms with E-state index in [0.717, 1.165) is 16.1 Å². The number of aryl methyl sites for hydroxylation is 1. The number of nitrogens with one attached hydrogen (secondary N) is 1. The molecule has 17 heavy (non-hydrogen) atoms. The molecule has 0 aliphatic rings. The van der Waals surface area contributed by atoms with Gasteiger partial charge in [0.25, 0.3) is 0 Å². The summed E-state index contributed by atoms with van der Waals surface area (Å²) >= 11 is 7.19. The molecular formula is C12H10ClN3S. The molecule has 0 aliphatic heterocycles. The molecule has 86 valence electrons. The summed E-state index contributed by atoms with van der Waals surface area (Å²) in [6.07, 6.45) is 1.74. The molecule has 0 aliphatic carbocycles. The fraction of sp³-hybridized carbons (Fsp3) is 0.167. The summed E-state index contributed by atoms with van der Waals surface area (Å²) < 4.78 is 0.534. The van der Waals surface area contributed by atoms with E-state index in [0.29, 0.717) is 16.6 Å². The van der Waals surface area contributed by atoms with Gasteiger partial charge in [-0.2, -0.15) is 5.26 Å². The molecule has 0 atom stereocenters. The maximum Gasteiger partial charge on any atom is 0.183 e. The zero-order valence-corrected chi connectivity index (χ0v) is 10.8. The van der Waals surface area contributed by atoms with E-state index in [1.807, 2.05) is 25.1 Å². The smallest absolute Gasteiger partial charge is 0.183 e. The molecule has 1 aromatic carbocycles. The number of nitriles is 1. The number of hydrogen-bond donors (Lipinski definition) is 1. The van der Waals surface area contributed by atoms with E-state index in [1.54, 1.807) is 6.20 Å². The van der Waals surface area contributed by atoms with Gasteiger partial charge in [-0.05, 0) is 24.6 Å².